The lowest BCUT2D eigenvalue weighted by Gasteiger charge is -2.45. The third-order valence-corrected chi connectivity index (χ3v) is 22.0. The van der Waals surface area contributed by atoms with Crippen molar-refractivity contribution in [1.29, 1.82) is 0 Å². The molecule has 0 amide bonds. The van der Waals surface area contributed by atoms with Crippen LogP contribution in [0.15, 0.2) is 35.5 Å². The average Bonchev–Trinajstić information content (AvgIpc) is 2.88. The van der Waals surface area contributed by atoms with E-state index in [1.165, 1.54) is 25.4 Å². The summed E-state index contributed by atoms with van der Waals surface area (Å²) in [6.07, 6.45) is 13.2. The molecule has 0 aliphatic carbocycles. The molecule has 0 rings (SSSR count). The minimum Gasteiger partial charge on any atom is -0.417 e. The predicted octanol–water partition coefficient (Wildman–Crippen LogP) is 11.7. The quantitative estimate of drug-likeness (QED) is 0.0434. The first-order valence-corrected chi connectivity index (χ1v) is 23.0. The van der Waals surface area contributed by atoms with Crippen molar-refractivity contribution in [3.05, 3.63) is 35.5 Å². The second kappa shape index (κ2) is 18.6. The Morgan fingerprint density at radius 2 is 1.40 bits per heavy atom. The maximum atomic E-state index is 12.8. The Hall–Kier alpha value is -0.276. The average molecular weight is 645 g/mol. The monoisotopic (exact) mass is 644 g/mol. The zero-order valence-corrected chi connectivity index (χ0v) is 33.3. The molecule has 0 aromatic rings. The molecular weight excluding hydrogens is 576 g/mol. The number of allylic oxidation sites excluding steroid dienone is 5. The molecule has 0 saturated heterocycles. The van der Waals surface area contributed by atoms with E-state index in [2.05, 4.69) is 120 Å². The van der Waals surface area contributed by atoms with Gasteiger partial charge in [0, 0.05) is 20.8 Å². The van der Waals surface area contributed by atoms with Crippen molar-refractivity contribution in [3.8, 4) is 0 Å². The van der Waals surface area contributed by atoms with Crippen LogP contribution in [-0.2, 0) is 22.5 Å². The minimum absolute atomic E-state index is 0.0624. The number of rotatable bonds is 20. The lowest BCUT2D eigenvalue weighted by Crippen LogP contribution is -2.51. The van der Waals surface area contributed by atoms with Crippen LogP contribution in [0.1, 0.15) is 109 Å². The van der Waals surface area contributed by atoms with Gasteiger partial charge in [-0.3, -0.25) is 4.57 Å². The number of hydrogen-bond acceptors (Lipinski definition) is 5. The van der Waals surface area contributed by atoms with Gasteiger partial charge in [-0.2, -0.15) is 0 Å². The van der Waals surface area contributed by atoms with Crippen molar-refractivity contribution in [2.45, 2.75) is 150 Å². The Kier molecular flexibility index (Phi) is 18.5. The lowest BCUT2D eigenvalue weighted by molar-refractivity contribution is 0.158. The molecule has 5 nitrogen and oxygen atoms in total. The standard InChI is InChI=1S/C34H69O5PSi2/c1-27(2)42(28(3)4,29(5)6)39-33(32(9)24-26-40(35,36-13)37-14)23-22-31(8)20-17-19-30(7)21-18-25-38-41(15,16)34(10,11)12/h19-20,22-23,27-29,32-33H,17-18,21,24-26H2,1-16H3/b23-22+,30-19+,31-20+/t32-,33-/m0/s1. The fourth-order valence-electron chi connectivity index (χ4n) is 5.53. The van der Waals surface area contributed by atoms with Crippen LogP contribution >= 0.6 is 7.60 Å². The van der Waals surface area contributed by atoms with E-state index in [4.69, 9.17) is 17.9 Å². The van der Waals surface area contributed by atoms with Gasteiger partial charge in [-0.15, -0.1) is 0 Å². The van der Waals surface area contributed by atoms with Gasteiger partial charge in [0.15, 0.2) is 8.32 Å². The zero-order valence-electron chi connectivity index (χ0n) is 30.4. The number of hydrogen-bond donors (Lipinski definition) is 0. The topological polar surface area (TPSA) is 54.0 Å². The smallest absolute Gasteiger partial charge is 0.330 e. The van der Waals surface area contributed by atoms with E-state index in [1.54, 1.807) is 0 Å². The van der Waals surface area contributed by atoms with E-state index in [0.29, 0.717) is 29.2 Å². The first-order chi connectivity index (χ1) is 19.2. The molecule has 0 aromatic heterocycles. The van der Waals surface area contributed by atoms with E-state index in [0.717, 1.165) is 25.9 Å². The molecule has 2 atom stereocenters. The Balaban J connectivity index is 5.61. The molecule has 0 aromatic carbocycles. The largest absolute Gasteiger partial charge is 0.417 e. The molecule has 0 aliphatic rings. The van der Waals surface area contributed by atoms with Crippen LogP contribution < -0.4 is 0 Å². The molecule has 8 heteroatoms. The minimum atomic E-state index is -3.06. The van der Waals surface area contributed by atoms with Gasteiger partial charge in [0.1, 0.15) is 0 Å². The van der Waals surface area contributed by atoms with Crippen molar-refractivity contribution in [2.24, 2.45) is 5.92 Å². The summed E-state index contributed by atoms with van der Waals surface area (Å²) < 4.78 is 36.8. The third-order valence-electron chi connectivity index (χ3n) is 9.46. The van der Waals surface area contributed by atoms with Gasteiger partial charge < -0.3 is 17.9 Å². The van der Waals surface area contributed by atoms with Gasteiger partial charge in [-0.25, -0.2) is 0 Å². The van der Waals surface area contributed by atoms with Crippen LogP contribution in [0, 0.1) is 5.92 Å². The van der Waals surface area contributed by atoms with Gasteiger partial charge in [-0.1, -0.05) is 105 Å². The Labute approximate surface area is 264 Å². The van der Waals surface area contributed by atoms with Crippen molar-refractivity contribution in [1.82, 2.24) is 0 Å². The molecule has 0 unspecified atom stereocenters. The van der Waals surface area contributed by atoms with Crippen molar-refractivity contribution in [3.63, 3.8) is 0 Å². The Morgan fingerprint density at radius 1 is 0.881 bits per heavy atom. The summed E-state index contributed by atoms with van der Waals surface area (Å²) in [7, 11) is -3.92. The summed E-state index contributed by atoms with van der Waals surface area (Å²) in [6.45, 7) is 32.9. The van der Waals surface area contributed by atoms with Crippen LogP contribution in [-0.4, -0.2) is 49.7 Å². The van der Waals surface area contributed by atoms with Crippen LogP contribution in [0.5, 0.6) is 0 Å². The first kappa shape index (κ1) is 41.7. The summed E-state index contributed by atoms with van der Waals surface area (Å²) in [6, 6.07) is 0. The van der Waals surface area contributed by atoms with Crippen molar-refractivity contribution < 1.29 is 22.5 Å². The molecule has 0 radical (unpaired) electrons. The summed E-state index contributed by atoms with van der Waals surface area (Å²) in [4.78, 5) is 0. The van der Waals surface area contributed by atoms with Crippen LogP contribution in [0.3, 0.4) is 0 Å². The highest BCUT2D eigenvalue weighted by Crippen LogP contribution is 2.48. The predicted molar refractivity (Wildman–Crippen MR) is 190 cm³/mol. The van der Waals surface area contributed by atoms with Gasteiger partial charge in [-0.05, 0) is 80.2 Å². The molecular formula is C34H69O5PSi2. The lowest BCUT2D eigenvalue weighted by atomic mass is 10.0. The maximum Gasteiger partial charge on any atom is 0.330 e. The summed E-state index contributed by atoms with van der Waals surface area (Å²) in [5, 5.41) is 0.257. The van der Waals surface area contributed by atoms with E-state index < -0.39 is 24.2 Å². The highest BCUT2D eigenvalue weighted by Gasteiger charge is 2.47. The van der Waals surface area contributed by atoms with Gasteiger partial charge >= 0.3 is 7.60 Å². The van der Waals surface area contributed by atoms with E-state index >= 15 is 0 Å². The second-order valence-corrected chi connectivity index (χ2v) is 27.3. The van der Waals surface area contributed by atoms with Crippen LogP contribution in [0.25, 0.3) is 0 Å². The van der Waals surface area contributed by atoms with E-state index in [1.807, 2.05) is 0 Å². The molecule has 0 aliphatic heterocycles. The molecule has 248 valence electrons. The summed E-state index contributed by atoms with van der Waals surface area (Å²) in [5.74, 6) is 0.173. The van der Waals surface area contributed by atoms with Crippen molar-refractivity contribution >= 4 is 24.2 Å². The molecule has 0 spiro atoms. The Bertz CT molecular complexity index is 886. The molecule has 42 heavy (non-hydrogen) atoms. The molecule has 0 bridgehead atoms. The van der Waals surface area contributed by atoms with Gasteiger partial charge in [0.25, 0.3) is 0 Å². The fourth-order valence-corrected chi connectivity index (χ4v) is 13.5. The summed E-state index contributed by atoms with van der Waals surface area (Å²) in [5.41, 5.74) is 4.11. The van der Waals surface area contributed by atoms with Crippen molar-refractivity contribution in [2.75, 3.05) is 27.0 Å². The zero-order chi connectivity index (χ0) is 32.9. The molecule has 0 N–H and O–H groups in total. The highest BCUT2D eigenvalue weighted by molar-refractivity contribution is 7.53. The van der Waals surface area contributed by atoms with Gasteiger partial charge in [0.2, 0.25) is 8.32 Å². The highest BCUT2D eigenvalue weighted by atomic mass is 31.2. The van der Waals surface area contributed by atoms with Gasteiger partial charge in [0.05, 0.1) is 12.3 Å². The SMILES string of the molecule is COP(=O)(CC[C@H](C)[C@H](/C=C/C(C)=C/C/C=C(\C)CCCO[Si](C)(C)C(C)(C)C)O[Si](C(C)C)(C(C)C)C(C)C)OC. The van der Waals surface area contributed by atoms with E-state index in [9.17, 15) is 4.57 Å². The Morgan fingerprint density at radius 3 is 1.86 bits per heavy atom. The van der Waals surface area contributed by atoms with Crippen LogP contribution in [0.2, 0.25) is 34.8 Å². The molecule has 0 heterocycles. The molecule has 0 fully saturated rings. The fraction of sp³-hybridized carbons (Fsp3) is 0.824. The second-order valence-electron chi connectivity index (χ2n) is 14.7. The normalized spacial score (nSPS) is 16.4. The van der Waals surface area contributed by atoms with E-state index in [-0.39, 0.29) is 17.1 Å². The molecule has 0 saturated carbocycles. The summed E-state index contributed by atoms with van der Waals surface area (Å²) >= 11 is 0. The maximum absolute atomic E-state index is 12.8. The third kappa shape index (κ3) is 13.4. The van der Waals surface area contributed by atoms with Crippen LogP contribution in [0.4, 0.5) is 0 Å². The first-order valence-electron chi connectivity index (χ1n) is 16.2.